The second-order valence-electron chi connectivity index (χ2n) is 14.2. The molecule has 1 amide bonds. The topological polar surface area (TPSA) is 94.2 Å². The second kappa shape index (κ2) is 35.3. The van der Waals surface area contributed by atoms with Crippen LogP contribution in [0.3, 0.4) is 0 Å². The minimum Gasteiger partial charge on any atom is -0.462 e. The molecule has 8 nitrogen and oxygen atoms in total. The number of carbonyl (C=O) groups is 3. The number of amides is 1. The van der Waals surface area contributed by atoms with Gasteiger partial charge in [-0.05, 0) is 45.1 Å². The molecule has 0 saturated carbocycles. The molecule has 1 aliphatic heterocycles. The van der Waals surface area contributed by atoms with Crippen molar-refractivity contribution in [3.8, 4) is 11.8 Å². The van der Waals surface area contributed by atoms with E-state index in [9.17, 15) is 14.4 Å². The summed E-state index contributed by atoms with van der Waals surface area (Å²) in [5, 5.41) is 3.04. The van der Waals surface area contributed by atoms with Gasteiger partial charge in [-0.3, -0.25) is 19.3 Å². The number of unbranched alkanes of at least 4 members (excludes halogenated alkanes) is 15. The lowest BCUT2D eigenvalue weighted by molar-refractivity contribution is -0.155. The Morgan fingerprint density at radius 2 is 1.35 bits per heavy atom. The molecule has 1 fully saturated rings. The first-order chi connectivity index (χ1) is 25.0. The highest BCUT2D eigenvalue weighted by atomic mass is 32.2. The van der Waals surface area contributed by atoms with Crippen LogP contribution >= 0.6 is 11.8 Å². The van der Waals surface area contributed by atoms with E-state index in [1.165, 1.54) is 88.8 Å². The SMILES string of the molecule is CCCCCCCC#CCOC(=O)CCSCC(CC(=O)NCCCN1CCOCC1)C(=O)OC(CCCCCCCC)CCCCCCCC. The van der Waals surface area contributed by atoms with E-state index in [1.807, 2.05) is 0 Å². The molecule has 1 saturated heterocycles. The van der Waals surface area contributed by atoms with Gasteiger partial charge in [-0.2, -0.15) is 11.8 Å². The minimum atomic E-state index is -0.551. The first kappa shape index (κ1) is 47.3. The van der Waals surface area contributed by atoms with E-state index >= 15 is 0 Å². The average molecular weight is 737 g/mol. The maximum absolute atomic E-state index is 13.7. The molecule has 0 radical (unpaired) electrons. The normalized spacial score (nSPS) is 13.8. The number of morpholine rings is 1. The molecule has 296 valence electrons. The Hall–Kier alpha value is -1.76. The largest absolute Gasteiger partial charge is 0.462 e. The maximum Gasteiger partial charge on any atom is 0.310 e. The summed E-state index contributed by atoms with van der Waals surface area (Å²) in [4.78, 5) is 41.4. The summed E-state index contributed by atoms with van der Waals surface area (Å²) in [6.45, 7) is 11.7. The third kappa shape index (κ3) is 29.4. The highest BCUT2D eigenvalue weighted by Gasteiger charge is 2.26. The highest BCUT2D eigenvalue weighted by Crippen LogP contribution is 2.21. The van der Waals surface area contributed by atoms with Gasteiger partial charge < -0.3 is 19.5 Å². The number of ether oxygens (including phenoxy) is 3. The molecule has 1 heterocycles. The van der Waals surface area contributed by atoms with Crippen LogP contribution in [0, 0.1) is 17.8 Å². The van der Waals surface area contributed by atoms with Gasteiger partial charge in [0.25, 0.3) is 0 Å². The molecular weight excluding hydrogens is 661 g/mol. The highest BCUT2D eigenvalue weighted by molar-refractivity contribution is 7.99. The van der Waals surface area contributed by atoms with Crippen molar-refractivity contribution < 1.29 is 28.6 Å². The van der Waals surface area contributed by atoms with E-state index in [4.69, 9.17) is 14.2 Å². The zero-order chi connectivity index (χ0) is 37.0. The van der Waals surface area contributed by atoms with Crippen LogP contribution in [0.2, 0.25) is 0 Å². The van der Waals surface area contributed by atoms with Crippen molar-refractivity contribution in [2.24, 2.45) is 5.92 Å². The van der Waals surface area contributed by atoms with E-state index in [0.29, 0.717) is 18.1 Å². The van der Waals surface area contributed by atoms with Crippen LogP contribution in [-0.2, 0) is 28.6 Å². The summed E-state index contributed by atoms with van der Waals surface area (Å²) >= 11 is 1.51. The Morgan fingerprint density at radius 1 is 0.765 bits per heavy atom. The molecule has 1 aliphatic rings. The van der Waals surface area contributed by atoms with Gasteiger partial charge in [0.15, 0.2) is 6.61 Å². The van der Waals surface area contributed by atoms with Crippen LogP contribution in [-0.4, -0.2) is 86.4 Å². The van der Waals surface area contributed by atoms with Crippen molar-refractivity contribution in [1.82, 2.24) is 10.2 Å². The Morgan fingerprint density at radius 3 is 1.98 bits per heavy atom. The van der Waals surface area contributed by atoms with Gasteiger partial charge in [0.1, 0.15) is 6.10 Å². The van der Waals surface area contributed by atoms with Gasteiger partial charge in [0.2, 0.25) is 5.91 Å². The number of nitrogens with one attached hydrogen (secondary N) is 1. The van der Waals surface area contributed by atoms with Gasteiger partial charge >= 0.3 is 11.9 Å². The first-order valence-corrected chi connectivity index (χ1v) is 22.1. The molecule has 0 aliphatic carbocycles. The van der Waals surface area contributed by atoms with Crippen LogP contribution in [0.25, 0.3) is 0 Å². The average Bonchev–Trinajstić information content (AvgIpc) is 3.13. The molecular formula is C42H76N2O6S. The van der Waals surface area contributed by atoms with Crippen LogP contribution < -0.4 is 5.32 Å². The Labute approximate surface area is 317 Å². The summed E-state index contributed by atoms with van der Waals surface area (Å²) in [6.07, 6.45) is 24.2. The summed E-state index contributed by atoms with van der Waals surface area (Å²) in [5.41, 5.74) is 0. The van der Waals surface area contributed by atoms with Crippen LogP contribution in [0.4, 0.5) is 0 Å². The van der Waals surface area contributed by atoms with Gasteiger partial charge in [-0.15, -0.1) is 0 Å². The molecule has 0 aromatic carbocycles. The number of esters is 2. The molecule has 0 bridgehead atoms. The lowest BCUT2D eigenvalue weighted by Gasteiger charge is -2.26. The predicted octanol–water partition coefficient (Wildman–Crippen LogP) is 9.27. The van der Waals surface area contributed by atoms with E-state index in [1.54, 1.807) is 0 Å². The summed E-state index contributed by atoms with van der Waals surface area (Å²) < 4.78 is 16.9. The zero-order valence-corrected chi connectivity index (χ0v) is 33.9. The number of thioether (sulfide) groups is 1. The molecule has 1 atom stereocenters. The van der Waals surface area contributed by atoms with E-state index in [0.717, 1.165) is 90.6 Å². The smallest absolute Gasteiger partial charge is 0.310 e. The molecule has 0 aromatic rings. The number of carbonyl (C=O) groups excluding carboxylic acids is 3. The fourth-order valence-corrected chi connectivity index (χ4v) is 7.23. The summed E-state index contributed by atoms with van der Waals surface area (Å²) in [5.74, 6) is 5.78. The zero-order valence-electron chi connectivity index (χ0n) is 33.1. The predicted molar refractivity (Wildman–Crippen MR) is 213 cm³/mol. The van der Waals surface area contributed by atoms with Gasteiger partial charge in [-0.1, -0.05) is 123 Å². The fraction of sp³-hybridized carbons (Fsp3) is 0.881. The van der Waals surface area contributed by atoms with Crippen molar-refractivity contribution in [3.63, 3.8) is 0 Å². The number of rotatable bonds is 33. The number of hydrogen-bond donors (Lipinski definition) is 1. The van der Waals surface area contributed by atoms with Crippen molar-refractivity contribution in [3.05, 3.63) is 0 Å². The maximum atomic E-state index is 13.7. The van der Waals surface area contributed by atoms with E-state index < -0.39 is 5.92 Å². The molecule has 51 heavy (non-hydrogen) atoms. The van der Waals surface area contributed by atoms with Crippen LogP contribution in [0.5, 0.6) is 0 Å². The third-order valence-corrected chi connectivity index (χ3v) is 10.6. The standard InChI is InChI=1S/C42H76N2O6S/c1-4-7-10-13-16-17-20-23-32-49-41(46)27-35-51-37-38(36-40(45)43-28-24-29-44-30-33-48-34-31-44)42(47)50-39(25-21-18-14-11-8-5-2)26-22-19-15-12-9-6-3/h38-39H,4-19,21-22,24-37H2,1-3H3,(H,43,45). The Bertz CT molecular complexity index is 901. The lowest BCUT2D eigenvalue weighted by Crippen LogP contribution is -2.38. The van der Waals surface area contributed by atoms with Crippen molar-refractivity contribution in [2.45, 2.75) is 175 Å². The molecule has 9 heteroatoms. The molecule has 0 spiro atoms. The Kier molecular flexibility index (Phi) is 32.7. The third-order valence-electron chi connectivity index (χ3n) is 9.49. The molecule has 1 rings (SSSR count). The van der Waals surface area contributed by atoms with E-state index in [2.05, 4.69) is 42.8 Å². The summed E-state index contributed by atoms with van der Waals surface area (Å²) in [6, 6.07) is 0. The first-order valence-electron chi connectivity index (χ1n) is 21.0. The molecule has 0 aromatic heterocycles. The van der Waals surface area contributed by atoms with Gasteiger partial charge in [0, 0.05) is 44.0 Å². The second-order valence-corrected chi connectivity index (χ2v) is 15.4. The number of hydrogen-bond acceptors (Lipinski definition) is 8. The fourth-order valence-electron chi connectivity index (χ4n) is 6.22. The molecule has 1 N–H and O–H groups in total. The Balaban J connectivity index is 2.64. The van der Waals surface area contributed by atoms with Gasteiger partial charge in [-0.25, -0.2) is 0 Å². The summed E-state index contributed by atoms with van der Waals surface area (Å²) in [7, 11) is 0. The van der Waals surface area contributed by atoms with Crippen molar-refractivity contribution in [1.29, 1.82) is 0 Å². The van der Waals surface area contributed by atoms with Crippen molar-refractivity contribution >= 4 is 29.6 Å². The van der Waals surface area contributed by atoms with Crippen LogP contribution in [0.1, 0.15) is 168 Å². The molecule has 1 unspecified atom stereocenters. The monoisotopic (exact) mass is 737 g/mol. The van der Waals surface area contributed by atoms with E-state index in [-0.39, 0.29) is 43.4 Å². The van der Waals surface area contributed by atoms with Crippen molar-refractivity contribution in [2.75, 3.05) is 57.5 Å². The minimum absolute atomic E-state index is 0.0998. The lowest BCUT2D eigenvalue weighted by atomic mass is 10.0. The van der Waals surface area contributed by atoms with Gasteiger partial charge in [0.05, 0.1) is 25.6 Å². The number of nitrogens with zero attached hydrogens (tertiary/aromatic N) is 1. The quantitative estimate of drug-likeness (QED) is 0.0405. The van der Waals surface area contributed by atoms with Crippen LogP contribution in [0.15, 0.2) is 0 Å².